The SMILES string of the molecule is CC(C)(C)S(=O)NCc1ccc(Br)c(-c2cccs2)c1. The van der Waals surface area contributed by atoms with Crippen LogP contribution in [0.15, 0.2) is 40.2 Å². The number of thiophene rings is 1. The van der Waals surface area contributed by atoms with Crippen molar-refractivity contribution in [1.82, 2.24) is 4.72 Å². The maximum Gasteiger partial charge on any atom is 0.0973 e. The van der Waals surface area contributed by atoms with Crippen molar-refractivity contribution < 1.29 is 4.21 Å². The van der Waals surface area contributed by atoms with Crippen LogP contribution in [0.4, 0.5) is 0 Å². The molecule has 1 atom stereocenters. The first kappa shape index (κ1) is 15.9. The second-order valence-electron chi connectivity index (χ2n) is 5.49. The number of hydrogen-bond acceptors (Lipinski definition) is 2. The third-order valence-corrected chi connectivity index (χ3v) is 5.89. The average molecular weight is 372 g/mol. The summed E-state index contributed by atoms with van der Waals surface area (Å²) < 4.78 is 15.9. The summed E-state index contributed by atoms with van der Waals surface area (Å²) in [7, 11) is -1.05. The van der Waals surface area contributed by atoms with E-state index in [1.807, 2.05) is 39.0 Å². The lowest BCUT2D eigenvalue weighted by molar-refractivity contribution is 0.635. The van der Waals surface area contributed by atoms with Crippen molar-refractivity contribution >= 4 is 38.3 Å². The van der Waals surface area contributed by atoms with Crippen molar-refractivity contribution in [2.45, 2.75) is 32.1 Å². The standard InChI is InChI=1S/C15H18BrNOS2/c1-15(2,3)20(18)17-10-11-6-7-13(16)12(9-11)14-5-4-8-19-14/h4-9,17H,10H2,1-3H3. The average Bonchev–Trinajstić information content (AvgIpc) is 2.90. The quantitative estimate of drug-likeness (QED) is 0.826. The van der Waals surface area contributed by atoms with E-state index in [1.54, 1.807) is 11.3 Å². The van der Waals surface area contributed by atoms with Crippen LogP contribution >= 0.6 is 27.3 Å². The Bertz CT molecular complexity index is 603. The number of rotatable bonds is 4. The van der Waals surface area contributed by atoms with Gasteiger partial charge in [-0.25, -0.2) is 8.93 Å². The molecule has 0 fully saturated rings. The van der Waals surface area contributed by atoms with E-state index in [2.05, 4.69) is 38.2 Å². The van der Waals surface area contributed by atoms with Gasteiger partial charge in [0, 0.05) is 21.5 Å². The summed E-state index contributed by atoms with van der Waals surface area (Å²) in [6.07, 6.45) is 0. The molecule has 1 aromatic carbocycles. The van der Waals surface area contributed by atoms with Gasteiger partial charge in [-0.05, 0) is 49.9 Å². The van der Waals surface area contributed by atoms with E-state index in [1.165, 1.54) is 10.4 Å². The normalized spacial score (nSPS) is 13.4. The Morgan fingerprint density at radius 1 is 1.30 bits per heavy atom. The minimum Gasteiger partial charge on any atom is -0.242 e. The summed E-state index contributed by atoms with van der Waals surface area (Å²) in [4.78, 5) is 1.23. The van der Waals surface area contributed by atoms with E-state index in [9.17, 15) is 4.21 Å². The van der Waals surface area contributed by atoms with Crippen molar-refractivity contribution in [2.75, 3.05) is 0 Å². The lowest BCUT2D eigenvalue weighted by Gasteiger charge is -2.18. The topological polar surface area (TPSA) is 29.1 Å². The van der Waals surface area contributed by atoms with Crippen molar-refractivity contribution in [3.63, 3.8) is 0 Å². The molecule has 0 spiro atoms. The predicted molar refractivity (Wildman–Crippen MR) is 92.2 cm³/mol. The van der Waals surface area contributed by atoms with E-state index in [0.29, 0.717) is 6.54 Å². The van der Waals surface area contributed by atoms with Crippen LogP contribution in [0.5, 0.6) is 0 Å². The molecule has 0 amide bonds. The van der Waals surface area contributed by atoms with Gasteiger partial charge in [0.2, 0.25) is 0 Å². The molecule has 1 heterocycles. The maximum absolute atomic E-state index is 12.0. The Morgan fingerprint density at radius 3 is 2.65 bits per heavy atom. The van der Waals surface area contributed by atoms with Crippen LogP contribution in [-0.2, 0) is 17.5 Å². The number of nitrogens with one attached hydrogen (secondary N) is 1. The minimum absolute atomic E-state index is 0.244. The molecule has 108 valence electrons. The third kappa shape index (κ3) is 4.01. The summed E-state index contributed by atoms with van der Waals surface area (Å²) in [5.41, 5.74) is 2.31. The van der Waals surface area contributed by atoms with Crippen molar-refractivity contribution in [3.8, 4) is 10.4 Å². The van der Waals surface area contributed by atoms with Crippen LogP contribution in [0, 0.1) is 0 Å². The molecule has 0 aliphatic heterocycles. The molecule has 0 aliphatic rings. The van der Waals surface area contributed by atoms with Crippen molar-refractivity contribution in [3.05, 3.63) is 45.7 Å². The molecule has 5 heteroatoms. The second-order valence-corrected chi connectivity index (χ2v) is 9.35. The highest BCUT2D eigenvalue weighted by Crippen LogP contribution is 2.32. The highest BCUT2D eigenvalue weighted by atomic mass is 79.9. The molecule has 2 nitrogen and oxygen atoms in total. The van der Waals surface area contributed by atoms with Gasteiger partial charge in [-0.15, -0.1) is 11.3 Å². The largest absolute Gasteiger partial charge is 0.242 e. The Balaban J connectivity index is 2.15. The molecule has 0 saturated heterocycles. The maximum atomic E-state index is 12.0. The zero-order chi connectivity index (χ0) is 14.8. The van der Waals surface area contributed by atoms with Gasteiger partial charge in [0.15, 0.2) is 0 Å². The summed E-state index contributed by atoms with van der Waals surface area (Å²) in [6, 6.07) is 10.4. The van der Waals surface area contributed by atoms with E-state index in [0.717, 1.165) is 10.0 Å². The van der Waals surface area contributed by atoms with Gasteiger partial charge in [0.1, 0.15) is 0 Å². The van der Waals surface area contributed by atoms with Gasteiger partial charge in [-0.2, -0.15) is 0 Å². The first-order chi connectivity index (χ1) is 9.38. The molecule has 2 aromatic rings. The van der Waals surface area contributed by atoms with Gasteiger partial charge in [0.25, 0.3) is 0 Å². The van der Waals surface area contributed by atoms with Crippen LogP contribution in [-0.4, -0.2) is 8.96 Å². The smallest absolute Gasteiger partial charge is 0.0973 e. The lowest BCUT2D eigenvalue weighted by Crippen LogP contribution is -2.32. The van der Waals surface area contributed by atoms with E-state index >= 15 is 0 Å². The fourth-order valence-corrected chi connectivity index (χ4v) is 3.75. The van der Waals surface area contributed by atoms with Crippen LogP contribution in [0.2, 0.25) is 0 Å². The zero-order valence-corrected chi connectivity index (χ0v) is 15.0. The molecule has 0 radical (unpaired) electrons. The van der Waals surface area contributed by atoms with E-state index < -0.39 is 11.0 Å². The summed E-state index contributed by atoms with van der Waals surface area (Å²) in [5, 5.41) is 2.07. The lowest BCUT2D eigenvalue weighted by atomic mass is 10.1. The molecule has 0 saturated carbocycles. The molecule has 20 heavy (non-hydrogen) atoms. The molecular formula is C15H18BrNOS2. The van der Waals surface area contributed by atoms with Gasteiger partial charge in [0.05, 0.1) is 15.7 Å². The van der Waals surface area contributed by atoms with Crippen molar-refractivity contribution in [1.29, 1.82) is 0 Å². The molecule has 1 N–H and O–H groups in total. The highest BCUT2D eigenvalue weighted by Gasteiger charge is 2.19. The van der Waals surface area contributed by atoms with Crippen molar-refractivity contribution in [2.24, 2.45) is 0 Å². The predicted octanol–water partition coefficient (Wildman–Crippen LogP) is 4.73. The Kier molecular flexibility index (Phi) is 5.18. The Morgan fingerprint density at radius 2 is 2.05 bits per heavy atom. The number of benzene rings is 1. The first-order valence-electron chi connectivity index (χ1n) is 6.35. The van der Waals surface area contributed by atoms with Crippen LogP contribution in [0.25, 0.3) is 10.4 Å². The number of hydrogen-bond donors (Lipinski definition) is 1. The fraction of sp³-hybridized carbons (Fsp3) is 0.333. The van der Waals surface area contributed by atoms with Gasteiger partial charge in [-0.3, -0.25) is 0 Å². The summed E-state index contributed by atoms with van der Waals surface area (Å²) >= 11 is 5.31. The van der Waals surface area contributed by atoms with Gasteiger partial charge in [-0.1, -0.05) is 28.1 Å². The molecule has 0 aliphatic carbocycles. The highest BCUT2D eigenvalue weighted by molar-refractivity contribution is 9.10. The minimum atomic E-state index is -1.05. The molecule has 1 aromatic heterocycles. The molecule has 0 bridgehead atoms. The van der Waals surface area contributed by atoms with E-state index in [4.69, 9.17) is 0 Å². The van der Waals surface area contributed by atoms with Crippen LogP contribution in [0.1, 0.15) is 26.3 Å². The van der Waals surface area contributed by atoms with Gasteiger partial charge < -0.3 is 0 Å². The summed E-state index contributed by atoms with van der Waals surface area (Å²) in [6.45, 7) is 6.51. The zero-order valence-electron chi connectivity index (χ0n) is 11.8. The van der Waals surface area contributed by atoms with Crippen LogP contribution < -0.4 is 4.72 Å². The van der Waals surface area contributed by atoms with E-state index in [-0.39, 0.29) is 4.75 Å². The Labute approximate surface area is 135 Å². The van der Waals surface area contributed by atoms with Gasteiger partial charge >= 0.3 is 0 Å². The first-order valence-corrected chi connectivity index (χ1v) is 9.18. The second kappa shape index (κ2) is 6.52. The molecular weight excluding hydrogens is 354 g/mol. The summed E-state index contributed by atoms with van der Waals surface area (Å²) in [5.74, 6) is 0. The fourth-order valence-electron chi connectivity index (χ4n) is 1.67. The molecule has 1 unspecified atom stereocenters. The number of halogens is 1. The monoisotopic (exact) mass is 371 g/mol. The Hall–Kier alpha value is -0.490. The molecule has 2 rings (SSSR count). The third-order valence-electron chi connectivity index (χ3n) is 2.78. The van der Waals surface area contributed by atoms with Crippen LogP contribution in [0.3, 0.4) is 0 Å².